The van der Waals surface area contributed by atoms with Gasteiger partial charge in [-0.3, -0.25) is 10.3 Å². The molecule has 1 heterocycles. The minimum absolute atomic E-state index is 0.331. The van der Waals surface area contributed by atoms with E-state index in [4.69, 9.17) is 6.42 Å². The summed E-state index contributed by atoms with van der Waals surface area (Å²) in [5.41, 5.74) is 0.403. The molecule has 1 aromatic rings. The summed E-state index contributed by atoms with van der Waals surface area (Å²) in [6.45, 7) is 4.29. The Morgan fingerprint density at radius 3 is 2.86 bits per heavy atom. The van der Waals surface area contributed by atoms with E-state index in [9.17, 15) is 4.39 Å². The molecule has 0 spiro atoms. The predicted octanol–water partition coefficient (Wildman–Crippen LogP) is 1.72. The number of pyridine rings is 1. The molecule has 0 aliphatic carbocycles. The molecule has 0 aliphatic rings. The molecule has 74 valence electrons. The minimum atomic E-state index is -0.383. The van der Waals surface area contributed by atoms with Crippen LogP contribution in [-0.2, 0) is 6.54 Å². The summed E-state index contributed by atoms with van der Waals surface area (Å²) in [6.07, 6.45) is 8.09. The second-order valence-corrected chi connectivity index (χ2v) is 3.63. The Hall–Kier alpha value is -1.40. The summed E-state index contributed by atoms with van der Waals surface area (Å²) in [5, 5.41) is 3.11. The molecule has 0 fully saturated rings. The number of halogens is 1. The molecule has 0 radical (unpaired) electrons. The Bertz CT molecular complexity index is 353. The molecule has 0 bridgehead atoms. The Morgan fingerprint density at radius 2 is 2.29 bits per heavy atom. The van der Waals surface area contributed by atoms with Crippen LogP contribution in [0.1, 0.15) is 19.4 Å². The highest BCUT2D eigenvalue weighted by molar-refractivity contribution is 5.13. The van der Waals surface area contributed by atoms with E-state index in [1.54, 1.807) is 6.20 Å². The largest absolute Gasteiger partial charge is 0.297 e. The second-order valence-electron chi connectivity index (χ2n) is 3.63. The van der Waals surface area contributed by atoms with E-state index in [-0.39, 0.29) is 11.4 Å². The summed E-state index contributed by atoms with van der Waals surface area (Å²) in [6, 6.07) is 1.44. The van der Waals surface area contributed by atoms with Gasteiger partial charge in [0.15, 0.2) is 0 Å². The van der Waals surface area contributed by atoms with Crippen molar-refractivity contribution in [3.8, 4) is 12.3 Å². The molecule has 3 heteroatoms. The van der Waals surface area contributed by atoms with E-state index in [0.717, 1.165) is 5.56 Å². The molecular weight excluding hydrogens is 179 g/mol. The predicted molar refractivity (Wildman–Crippen MR) is 53.9 cm³/mol. The third kappa shape index (κ3) is 3.15. The zero-order valence-corrected chi connectivity index (χ0v) is 8.34. The zero-order chi connectivity index (χ0) is 10.6. The lowest BCUT2D eigenvalue weighted by Gasteiger charge is -2.19. The quantitative estimate of drug-likeness (QED) is 0.738. The minimum Gasteiger partial charge on any atom is -0.297 e. The Kier molecular flexibility index (Phi) is 3.21. The van der Waals surface area contributed by atoms with Crippen molar-refractivity contribution in [1.29, 1.82) is 0 Å². The average molecular weight is 192 g/mol. The van der Waals surface area contributed by atoms with Crippen molar-refractivity contribution in [2.24, 2.45) is 0 Å². The monoisotopic (exact) mass is 192 g/mol. The van der Waals surface area contributed by atoms with Gasteiger partial charge < -0.3 is 0 Å². The van der Waals surface area contributed by atoms with Crippen LogP contribution >= 0.6 is 0 Å². The molecule has 0 atom stereocenters. The van der Waals surface area contributed by atoms with E-state index in [1.807, 2.05) is 13.8 Å². The molecule has 1 N–H and O–H groups in total. The summed E-state index contributed by atoms with van der Waals surface area (Å²) >= 11 is 0. The zero-order valence-electron chi connectivity index (χ0n) is 8.34. The number of hydrogen-bond acceptors (Lipinski definition) is 2. The molecule has 0 saturated carbocycles. The van der Waals surface area contributed by atoms with Gasteiger partial charge in [0, 0.05) is 12.7 Å². The molecule has 0 unspecified atom stereocenters. The van der Waals surface area contributed by atoms with E-state index >= 15 is 0 Å². The molecule has 14 heavy (non-hydrogen) atoms. The van der Waals surface area contributed by atoms with Crippen LogP contribution in [0, 0.1) is 18.2 Å². The van der Waals surface area contributed by atoms with Crippen LogP contribution in [0.4, 0.5) is 4.39 Å². The van der Waals surface area contributed by atoms with E-state index in [0.29, 0.717) is 6.54 Å². The Labute approximate surface area is 83.6 Å². The van der Waals surface area contributed by atoms with Gasteiger partial charge in [0.05, 0.1) is 11.7 Å². The lowest BCUT2D eigenvalue weighted by molar-refractivity contribution is 0.488. The maximum absolute atomic E-state index is 12.7. The van der Waals surface area contributed by atoms with Crippen LogP contribution in [-0.4, -0.2) is 10.5 Å². The molecule has 0 aliphatic heterocycles. The number of terminal acetylenes is 1. The number of aromatic nitrogens is 1. The fourth-order valence-corrected chi connectivity index (χ4v) is 0.927. The first-order valence-electron chi connectivity index (χ1n) is 4.36. The molecule has 0 amide bonds. The van der Waals surface area contributed by atoms with Crippen LogP contribution in [0.15, 0.2) is 18.5 Å². The van der Waals surface area contributed by atoms with Crippen LogP contribution in [0.5, 0.6) is 0 Å². The summed E-state index contributed by atoms with van der Waals surface area (Å²) in [5.74, 6) is 2.27. The van der Waals surface area contributed by atoms with Gasteiger partial charge in [-0.15, -0.1) is 6.42 Å². The fraction of sp³-hybridized carbons (Fsp3) is 0.364. The van der Waals surface area contributed by atoms with Gasteiger partial charge in [-0.2, -0.15) is 0 Å². The lowest BCUT2D eigenvalue weighted by Crippen LogP contribution is -2.36. The SMILES string of the molecule is C#CC(C)(C)NCc1cncc(F)c1. The van der Waals surface area contributed by atoms with Crippen molar-refractivity contribution in [1.82, 2.24) is 10.3 Å². The van der Waals surface area contributed by atoms with Gasteiger partial charge in [0.1, 0.15) is 5.82 Å². The summed E-state index contributed by atoms with van der Waals surface area (Å²) in [7, 11) is 0. The van der Waals surface area contributed by atoms with Crippen molar-refractivity contribution in [2.75, 3.05) is 0 Å². The highest BCUT2D eigenvalue weighted by Crippen LogP contribution is 2.04. The van der Waals surface area contributed by atoms with Crippen LogP contribution in [0.25, 0.3) is 0 Å². The van der Waals surface area contributed by atoms with Gasteiger partial charge in [-0.1, -0.05) is 5.92 Å². The first-order valence-corrected chi connectivity index (χ1v) is 4.36. The molecule has 0 saturated heterocycles. The van der Waals surface area contributed by atoms with Crippen molar-refractivity contribution >= 4 is 0 Å². The van der Waals surface area contributed by atoms with E-state index < -0.39 is 0 Å². The number of nitrogens with one attached hydrogen (secondary N) is 1. The summed E-state index contributed by atoms with van der Waals surface area (Å²) < 4.78 is 12.7. The fourth-order valence-electron chi connectivity index (χ4n) is 0.927. The van der Waals surface area contributed by atoms with Crippen molar-refractivity contribution in [3.63, 3.8) is 0 Å². The molecule has 1 rings (SSSR count). The van der Waals surface area contributed by atoms with Crippen molar-refractivity contribution in [3.05, 3.63) is 29.8 Å². The van der Waals surface area contributed by atoms with Gasteiger partial charge in [0.25, 0.3) is 0 Å². The first-order chi connectivity index (χ1) is 6.53. The lowest BCUT2D eigenvalue weighted by atomic mass is 10.1. The highest BCUT2D eigenvalue weighted by atomic mass is 19.1. The van der Waals surface area contributed by atoms with Crippen LogP contribution < -0.4 is 5.32 Å². The van der Waals surface area contributed by atoms with Crippen LogP contribution in [0.2, 0.25) is 0 Å². The molecule has 0 aromatic carbocycles. The smallest absolute Gasteiger partial charge is 0.141 e. The van der Waals surface area contributed by atoms with Gasteiger partial charge in [0.2, 0.25) is 0 Å². The molecule has 1 aromatic heterocycles. The van der Waals surface area contributed by atoms with Crippen molar-refractivity contribution < 1.29 is 4.39 Å². The molecule has 2 nitrogen and oxygen atoms in total. The topological polar surface area (TPSA) is 24.9 Å². The Balaban J connectivity index is 2.59. The van der Waals surface area contributed by atoms with Crippen LogP contribution in [0.3, 0.4) is 0 Å². The van der Waals surface area contributed by atoms with Gasteiger partial charge in [-0.25, -0.2) is 4.39 Å². The third-order valence-corrected chi connectivity index (χ3v) is 1.86. The molecular formula is C11H13FN2. The highest BCUT2D eigenvalue weighted by Gasteiger charge is 2.11. The number of hydrogen-bond donors (Lipinski definition) is 1. The van der Waals surface area contributed by atoms with E-state index in [1.165, 1.54) is 12.3 Å². The third-order valence-electron chi connectivity index (χ3n) is 1.86. The first kappa shape index (κ1) is 10.7. The van der Waals surface area contributed by atoms with Gasteiger partial charge in [-0.05, 0) is 25.5 Å². The second kappa shape index (κ2) is 4.21. The Morgan fingerprint density at radius 1 is 1.57 bits per heavy atom. The van der Waals surface area contributed by atoms with E-state index in [2.05, 4.69) is 16.2 Å². The normalized spacial score (nSPS) is 11.0. The number of nitrogens with zero attached hydrogens (tertiary/aromatic N) is 1. The van der Waals surface area contributed by atoms with Gasteiger partial charge >= 0.3 is 0 Å². The number of rotatable bonds is 3. The maximum atomic E-state index is 12.7. The maximum Gasteiger partial charge on any atom is 0.141 e. The average Bonchev–Trinajstić information content (AvgIpc) is 2.15. The standard InChI is InChI=1S/C11H13FN2/c1-4-11(2,3)14-7-9-5-10(12)8-13-6-9/h1,5-6,8,14H,7H2,2-3H3. The van der Waals surface area contributed by atoms with Crippen molar-refractivity contribution in [2.45, 2.75) is 25.9 Å². The summed E-state index contributed by atoms with van der Waals surface area (Å²) in [4.78, 5) is 3.74.